The van der Waals surface area contributed by atoms with Crippen molar-refractivity contribution in [2.45, 2.75) is 17.9 Å². The topological polar surface area (TPSA) is 80.7 Å². The Morgan fingerprint density at radius 3 is 1.79 bits per heavy atom. The van der Waals surface area contributed by atoms with E-state index in [2.05, 4.69) is 0 Å². The number of methoxy groups -OCH3 is 2. The molecule has 0 saturated carbocycles. The van der Waals surface area contributed by atoms with E-state index in [-0.39, 0.29) is 32.9 Å². The van der Waals surface area contributed by atoms with Crippen LogP contribution in [-0.4, -0.2) is 99.9 Å². The van der Waals surface area contributed by atoms with Crippen LogP contribution in [0.1, 0.15) is 16.7 Å². The maximum Gasteiger partial charge on any atom is 0.471 e. The van der Waals surface area contributed by atoms with Gasteiger partial charge in [0, 0.05) is 32.7 Å². The number of alkyl halides is 3. The smallest absolute Gasteiger partial charge is 0.471 e. The maximum absolute atomic E-state index is 12.7. The van der Waals surface area contributed by atoms with Gasteiger partial charge >= 0.3 is 12.1 Å². The Labute approximate surface area is 249 Å². The third-order valence-corrected chi connectivity index (χ3v) is 7.53. The van der Waals surface area contributed by atoms with Gasteiger partial charge in [-0.15, -0.1) is 0 Å². The number of carbonyl (C=O) groups excluding carboxylic acids is 1. The minimum atomic E-state index is -4.87. The highest BCUT2D eigenvalue weighted by molar-refractivity contribution is 5.81. The molecule has 0 radical (unpaired) electrons. The van der Waals surface area contributed by atoms with Crippen molar-refractivity contribution in [3.8, 4) is 11.5 Å². The van der Waals surface area contributed by atoms with Gasteiger partial charge in [-0.3, -0.25) is 9.69 Å². The number of carbonyl (C=O) groups is 1. The highest BCUT2D eigenvalue weighted by Crippen LogP contribution is 2.41. The van der Waals surface area contributed by atoms with Gasteiger partial charge in [0.1, 0.15) is 23.2 Å². The Balaban J connectivity index is 1.49. The first kappa shape index (κ1) is 32.3. The summed E-state index contributed by atoms with van der Waals surface area (Å²) in [6.45, 7) is 0.995. The largest absolute Gasteiger partial charge is 0.497 e. The highest BCUT2D eigenvalue weighted by atomic mass is 19.4. The Morgan fingerprint density at radius 1 is 0.814 bits per heavy atom. The van der Waals surface area contributed by atoms with Crippen molar-refractivity contribution in [1.82, 2.24) is 9.80 Å². The molecule has 0 spiro atoms. The van der Waals surface area contributed by atoms with Crippen LogP contribution in [0.25, 0.3) is 0 Å². The average molecular weight is 603 g/mol. The Morgan fingerprint density at radius 2 is 1.33 bits per heavy atom. The summed E-state index contributed by atoms with van der Waals surface area (Å²) in [4.78, 5) is 14.2. The van der Waals surface area contributed by atoms with E-state index in [1.54, 1.807) is 14.2 Å². The minimum absolute atomic E-state index is 0.00575. The van der Waals surface area contributed by atoms with Crippen LogP contribution < -0.4 is 9.47 Å². The van der Waals surface area contributed by atoms with Crippen LogP contribution in [0.5, 0.6) is 11.5 Å². The zero-order chi connectivity index (χ0) is 30.9. The molecule has 1 saturated heterocycles. The van der Waals surface area contributed by atoms with Gasteiger partial charge in [0.2, 0.25) is 0 Å². The number of hydrogen-bond acceptors (Lipinski definition) is 7. The fourth-order valence-corrected chi connectivity index (χ4v) is 5.15. The van der Waals surface area contributed by atoms with E-state index >= 15 is 0 Å². The van der Waals surface area contributed by atoms with Crippen LogP contribution >= 0.6 is 0 Å². The van der Waals surface area contributed by atoms with Gasteiger partial charge < -0.3 is 29.0 Å². The summed E-state index contributed by atoms with van der Waals surface area (Å²) >= 11 is 0. The molecule has 232 valence electrons. The van der Waals surface area contributed by atoms with Gasteiger partial charge in [0.05, 0.1) is 34.0 Å². The minimum Gasteiger partial charge on any atom is -0.497 e. The lowest BCUT2D eigenvalue weighted by atomic mass is 9.80. The lowest BCUT2D eigenvalue weighted by molar-refractivity contribution is -0.187. The first-order valence-electron chi connectivity index (χ1n) is 14.0. The zero-order valence-electron chi connectivity index (χ0n) is 24.3. The highest BCUT2D eigenvalue weighted by Gasteiger charge is 2.43. The number of aliphatic hydroxyl groups excluding tert-OH is 1. The summed E-state index contributed by atoms with van der Waals surface area (Å²) < 4.78 is 61.7. The predicted octanol–water partition coefficient (Wildman–Crippen LogP) is 4.10. The average Bonchev–Trinajstić information content (AvgIpc) is 3.04. The third-order valence-electron chi connectivity index (χ3n) is 7.53. The summed E-state index contributed by atoms with van der Waals surface area (Å²) in [5.74, 6) is -0.419. The third kappa shape index (κ3) is 7.85. The molecule has 1 aliphatic heterocycles. The molecule has 0 aliphatic carbocycles. The van der Waals surface area contributed by atoms with E-state index in [1.165, 1.54) is 0 Å². The molecular weight excluding hydrogens is 565 g/mol. The number of piperazine rings is 1. The van der Waals surface area contributed by atoms with Crippen molar-refractivity contribution in [3.05, 3.63) is 95.6 Å². The molecule has 0 bridgehead atoms. The molecule has 4 rings (SSSR count). The van der Waals surface area contributed by atoms with Gasteiger partial charge in [0.15, 0.2) is 0 Å². The van der Waals surface area contributed by atoms with Crippen LogP contribution in [0.3, 0.4) is 0 Å². The van der Waals surface area contributed by atoms with E-state index in [4.69, 9.17) is 18.9 Å². The predicted molar refractivity (Wildman–Crippen MR) is 154 cm³/mol. The van der Waals surface area contributed by atoms with Gasteiger partial charge in [-0.2, -0.15) is 13.2 Å². The molecule has 1 fully saturated rings. The summed E-state index contributed by atoms with van der Waals surface area (Å²) in [6, 6.07) is 25.0. The molecule has 0 aromatic heterocycles. The van der Waals surface area contributed by atoms with Crippen molar-refractivity contribution < 1.29 is 42.0 Å². The van der Waals surface area contributed by atoms with Crippen LogP contribution in [-0.2, 0) is 19.9 Å². The van der Waals surface area contributed by atoms with E-state index in [1.807, 2.05) is 83.8 Å². The molecule has 3 aromatic carbocycles. The molecule has 1 atom stereocenters. The molecule has 0 unspecified atom stereocenters. The van der Waals surface area contributed by atoms with E-state index in [9.17, 15) is 23.1 Å². The van der Waals surface area contributed by atoms with Gasteiger partial charge in [-0.25, -0.2) is 0 Å². The molecule has 11 heteroatoms. The van der Waals surface area contributed by atoms with Gasteiger partial charge in [-0.1, -0.05) is 54.6 Å². The van der Waals surface area contributed by atoms with Crippen molar-refractivity contribution in [3.63, 3.8) is 0 Å². The number of rotatable bonds is 13. The van der Waals surface area contributed by atoms with E-state index < -0.39 is 23.8 Å². The van der Waals surface area contributed by atoms with Crippen molar-refractivity contribution in [2.75, 3.05) is 66.8 Å². The number of hydrogen-bond donors (Lipinski definition) is 1. The Kier molecular flexibility index (Phi) is 11.0. The molecule has 3 aromatic rings. The summed E-state index contributed by atoms with van der Waals surface area (Å²) in [5.41, 5.74) is 1.48. The Hall–Kier alpha value is -3.64. The number of nitrogens with zero attached hydrogens (tertiary/aromatic N) is 2. The quantitative estimate of drug-likeness (QED) is 0.295. The molecule has 1 amide bonds. The number of aliphatic hydroxyl groups is 1. The van der Waals surface area contributed by atoms with Crippen LogP contribution in [0, 0.1) is 0 Å². The molecule has 1 aliphatic rings. The number of halogens is 3. The van der Waals surface area contributed by atoms with Crippen LogP contribution in [0.2, 0.25) is 0 Å². The fraction of sp³-hybridized carbons (Fsp3) is 0.406. The second-order valence-electron chi connectivity index (χ2n) is 10.1. The second-order valence-corrected chi connectivity index (χ2v) is 10.1. The lowest BCUT2D eigenvalue weighted by Crippen LogP contribution is -2.52. The summed E-state index contributed by atoms with van der Waals surface area (Å²) in [7, 11) is 3.20. The van der Waals surface area contributed by atoms with Gasteiger partial charge in [0.25, 0.3) is 0 Å². The molecular formula is C32H37F3N2O6. The molecule has 8 nitrogen and oxygen atoms in total. The summed E-state index contributed by atoms with van der Waals surface area (Å²) in [6.07, 6.45) is -5.54. The van der Waals surface area contributed by atoms with Crippen molar-refractivity contribution in [1.29, 1.82) is 0 Å². The monoisotopic (exact) mass is 602 g/mol. The first-order chi connectivity index (χ1) is 20.7. The summed E-state index contributed by atoms with van der Waals surface area (Å²) in [5, 5.41) is 10.2. The van der Waals surface area contributed by atoms with Crippen molar-refractivity contribution >= 4 is 5.91 Å². The fourth-order valence-electron chi connectivity index (χ4n) is 5.15. The number of amides is 1. The SMILES string of the molecule is COc1ccc(C(OC[C@H](CO)OCCN2CCN(C(=O)C(F)(F)F)CC2)(c2ccccc2)c2ccc(OC)cc2)cc1. The lowest BCUT2D eigenvalue weighted by Gasteiger charge is -2.37. The molecule has 1 N–H and O–H groups in total. The normalized spacial score (nSPS) is 15.3. The molecule has 43 heavy (non-hydrogen) atoms. The van der Waals surface area contributed by atoms with Gasteiger partial charge in [-0.05, 0) is 41.0 Å². The zero-order valence-corrected chi connectivity index (χ0v) is 24.3. The second kappa shape index (κ2) is 14.7. The first-order valence-corrected chi connectivity index (χ1v) is 14.0. The standard InChI is InChI=1S/C32H37F3N2O6/c1-40-27-12-8-25(9-13-27)31(24-6-4-3-5-7-24,26-10-14-28(41-2)15-11-26)43-23-29(22-38)42-21-20-36-16-18-37(19-17-36)30(39)32(33,34)35/h3-15,29,38H,16-23H2,1-2H3/t29-/m0/s1. The van der Waals surface area contributed by atoms with Crippen LogP contribution in [0.4, 0.5) is 13.2 Å². The Bertz CT molecular complexity index is 1230. The number of ether oxygens (including phenoxy) is 4. The van der Waals surface area contributed by atoms with E-state index in [0.717, 1.165) is 21.6 Å². The molecule has 1 heterocycles. The number of benzene rings is 3. The van der Waals surface area contributed by atoms with E-state index in [0.29, 0.717) is 31.1 Å². The maximum atomic E-state index is 12.7. The van der Waals surface area contributed by atoms with Crippen LogP contribution in [0.15, 0.2) is 78.9 Å². The van der Waals surface area contributed by atoms with Crippen molar-refractivity contribution in [2.24, 2.45) is 0 Å².